The number of rotatable bonds is 7. The molecule has 8 heteroatoms. The lowest BCUT2D eigenvalue weighted by molar-refractivity contribution is -0.140. The summed E-state index contributed by atoms with van der Waals surface area (Å²) in [7, 11) is 0. The van der Waals surface area contributed by atoms with E-state index < -0.39 is 6.04 Å². The van der Waals surface area contributed by atoms with Gasteiger partial charge in [0, 0.05) is 23.6 Å². The molecule has 2 amide bonds. The summed E-state index contributed by atoms with van der Waals surface area (Å²) in [6, 6.07) is 14.2. The molecule has 0 saturated heterocycles. The Hall–Kier alpha value is -3.39. The van der Waals surface area contributed by atoms with Gasteiger partial charge in [0.25, 0.3) is 0 Å². The summed E-state index contributed by atoms with van der Waals surface area (Å²) in [6.07, 6.45) is 0. The maximum Gasteiger partial charge on any atom is 0.338 e. The third kappa shape index (κ3) is 6.14. The van der Waals surface area contributed by atoms with Gasteiger partial charge in [-0.2, -0.15) is 0 Å². The Morgan fingerprint density at radius 3 is 2.38 bits per heavy atom. The van der Waals surface area contributed by atoms with Crippen LogP contribution in [0.5, 0.6) is 0 Å². The Morgan fingerprint density at radius 1 is 1.09 bits per heavy atom. The zero-order chi connectivity index (χ0) is 24.8. The summed E-state index contributed by atoms with van der Waals surface area (Å²) in [4.78, 5) is 27.3. The molecule has 1 atom stereocenters. The van der Waals surface area contributed by atoms with Crippen molar-refractivity contribution >= 4 is 40.7 Å². The van der Waals surface area contributed by atoms with Gasteiger partial charge in [-0.1, -0.05) is 38.1 Å². The van der Waals surface area contributed by atoms with Gasteiger partial charge in [-0.15, -0.1) is 0 Å². The number of aryl methyl sites for hydroxylation is 1. The summed E-state index contributed by atoms with van der Waals surface area (Å²) < 4.78 is 5.56. The number of amides is 2. The maximum atomic E-state index is 13.0. The van der Waals surface area contributed by atoms with Crippen LogP contribution in [0.4, 0.5) is 16.2 Å². The van der Waals surface area contributed by atoms with E-state index in [9.17, 15) is 9.59 Å². The zero-order valence-corrected chi connectivity index (χ0v) is 21.1. The number of thiocarbonyl (C=S) groups is 1. The van der Waals surface area contributed by atoms with Gasteiger partial charge in [0.2, 0.25) is 0 Å². The van der Waals surface area contributed by atoms with Crippen LogP contribution in [0.1, 0.15) is 44.9 Å². The predicted molar refractivity (Wildman–Crippen MR) is 140 cm³/mol. The van der Waals surface area contributed by atoms with E-state index in [1.807, 2.05) is 75.9 Å². The second-order valence-corrected chi connectivity index (χ2v) is 9.08. The molecule has 0 radical (unpaired) electrons. The molecule has 0 aliphatic carbocycles. The second-order valence-electron chi connectivity index (χ2n) is 8.69. The highest BCUT2D eigenvalue weighted by Gasteiger charge is 2.34. The number of nitrogens with one attached hydrogen (secondary N) is 3. The van der Waals surface area contributed by atoms with Crippen LogP contribution >= 0.6 is 12.2 Å². The lowest BCUT2D eigenvalue weighted by Gasteiger charge is -2.37. The fourth-order valence-corrected chi connectivity index (χ4v) is 4.16. The van der Waals surface area contributed by atoms with Gasteiger partial charge >= 0.3 is 12.0 Å². The maximum absolute atomic E-state index is 13.0. The van der Waals surface area contributed by atoms with Crippen molar-refractivity contribution in [2.45, 2.75) is 40.7 Å². The van der Waals surface area contributed by atoms with Crippen molar-refractivity contribution in [2.24, 2.45) is 5.92 Å². The van der Waals surface area contributed by atoms with Crippen LogP contribution in [0.15, 0.2) is 59.8 Å². The number of carbonyl (C=O) groups excluding carboxylic acids is 2. The van der Waals surface area contributed by atoms with Gasteiger partial charge in [0.1, 0.15) is 0 Å². The molecule has 1 aliphatic heterocycles. The van der Waals surface area contributed by atoms with Crippen LogP contribution in [0.3, 0.4) is 0 Å². The molecule has 0 spiro atoms. The van der Waals surface area contributed by atoms with Crippen molar-refractivity contribution in [1.82, 2.24) is 10.2 Å². The standard InChI is InChI=1S/C26H32N4O3S/c1-6-30-18(5)22(24(31)33-15-16(2)3)23(29-26(30)34)19-10-12-20(13-11-19)27-25(32)28-21-9-7-8-17(4)14-21/h7-14,16,23H,6,15H2,1-5H3,(H,29,34)(H2,27,28,32). The summed E-state index contributed by atoms with van der Waals surface area (Å²) in [6.45, 7) is 10.8. The monoisotopic (exact) mass is 480 g/mol. The van der Waals surface area contributed by atoms with E-state index in [0.717, 1.165) is 22.5 Å². The van der Waals surface area contributed by atoms with E-state index in [2.05, 4.69) is 16.0 Å². The first kappa shape index (κ1) is 25.2. The number of hydrogen-bond acceptors (Lipinski definition) is 4. The first-order chi connectivity index (χ1) is 16.2. The van der Waals surface area contributed by atoms with Crippen LogP contribution in [-0.2, 0) is 9.53 Å². The summed E-state index contributed by atoms with van der Waals surface area (Å²) >= 11 is 5.54. The fourth-order valence-electron chi connectivity index (χ4n) is 3.77. The highest BCUT2D eigenvalue weighted by molar-refractivity contribution is 7.80. The predicted octanol–water partition coefficient (Wildman–Crippen LogP) is 5.36. The van der Waals surface area contributed by atoms with Crippen LogP contribution in [0.25, 0.3) is 0 Å². The van der Waals surface area contributed by atoms with E-state index >= 15 is 0 Å². The summed E-state index contributed by atoms with van der Waals surface area (Å²) in [5, 5.41) is 9.50. The smallest absolute Gasteiger partial charge is 0.338 e. The average molecular weight is 481 g/mol. The molecule has 0 bridgehead atoms. The third-order valence-corrected chi connectivity index (χ3v) is 5.80. The minimum absolute atomic E-state index is 0.236. The minimum atomic E-state index is -0.440. The van der Waals surface area contributed by atoms with Crippen molar-refractivity contribution in [3.05, 3.63) is 70.9 Å². The molecule has 7 nitrogen and oxygen atoms in total. The van der Waals surface area contributed by atoms with Gasteiger partial charge in [-0.25, -0.2) is 9.59 Å². The van der Waals surface area contributed by atoms with Crippen molar-refractivity contribution in [1.29, 1.82) is 0 Å². The number of hydrogen-bond donors (Lipinski definition) is 3. The first-order valence-electron chi connectivity index (χ1n) is 11.4. The van der Waals surface area contributed by atoms with Crippen molar-refractivity contribution in [3.63, 3.8) is 0 Å². The highest BCUT2D eigenvalue weighted by Crippen LogP contribution is 2.32. The quantitative estimate of drug-likeness (QED) is 0.365. The molecule has 180 valence electrons. The van der Waals surface area contributed by atoms with Crippen molar-refractivity contribution in [3.8, 4) is 0 Å². The van der Waals surface area contributed by atoms with E-state index in [0.29, 0.717) is 29.5 Å². The van der Waals surface area contributed by atoms with Crippen LogP contribution in [0.2, 0.25) is 0 Å². The second kappa shape index (κ2) is 11.2. The number of anilines is 2. The molecule has 1 unspecified atom stereocenters. The topological polar surface area (TPSA) is 82.7 Å². The molecule has 1 heterocycles. The Balaban J connectivity index is 1.78. The van der Waals surface area contributed by atoms with Crippen LogP contribution in [0, 0.1) is 12.8 Å². The SMILES string of the molecule is CCN1C(=S)NC(c2ccc(NC(=O)Nc3cccc(C)c3)cc2)C(C(=O)OCC(C)C)=C1C. The molecule has 1 aliphatic rings. The number of benzene rings is 2. The van der Waals surface area contributed by atoms with Crippen molar-refractivity contribution < 1.29 is 14.3 Å². The molecule has 34 heavy (non-hydrogen) atoms. The Labute approximate surface area is 206 Å². The van der Waals surface area contributed by atoms with Crippen molar-refractivity contribution in [2.75, 3.05) is 23.8 Å². The number of nitrogens with zero attached hydrogens (tertiary/aromatic N) is 1. The fraction of sp³-hybridized carbons (Fsp3) is 0.346. The molecular weight excluding hydrogens is 448 g/mol. The van der Waals surface area contributed by atoms with Gasteiger partial charge in [0.15, 0.2) is 5.11 Å². The van der Waals surface area contributed by atoms with E-state index in [1.54, 1.807) is 12.1 Å². The van der Waals surface area contributed by atoms with E-state index in [-0.39, 0.29) is 17.9 Å². The number of carbonyl (C=O) groups is 2. The molecule has 0 saturated carbocycles. The largest absolute Gasteiger partial charge is 0.462 e. The summed E-state index contributed by atoms with van der Waals surface area (Å²) in [5.74, 6) is -0.121. The molecule has 3 N–H and O–H groups in total. The average Bonchev–Trinajstić information content (AvgIpc) is 2.78. The molecular formula is C26H32N4O3S. The highest BCUT2D eigenvalue weighted by atomic mass is 32.1. The normalized spacial score (nSPS) is 15.8. The zero-order valence-electron chi connectivity index (χ0n) is 20.3. The van der Waals surface area contributed by atoms with Crippen LogP contribution in [-0.4, -0.2) is 35.2 Å². The Bertz CT molecular complexity index is 1100. The molecule has 0 fully saturated rings. The van der Waals surface area contributed by atoms with E-state index in [1.165, 1.54) is 0 Å². The van der Waals surface area contributed by atoms with Gasteiger partial charge in [-0.3, -0.25) is 0 Å². The van der Waals surface area contributed by atoms with Gasteiger partial charge in [0.05, 0.1) is 18.2 Å². The number of urea groups is 1. The molecule has 2 aromatic carbocycles. The number of esters is 1. The lowest BCUT2D eigenvalue weighted by Crippen LogP contribution is -2.47. The Morgan fingerprint density at radius 2 is 1.76 bits per heavy atom. The number of allylic oxidation sites excluding steroid dienone is 1. The van der Waals surface area contributed by atoms with E-state index in [4.69, 9.17) is 17.0 Å². The lowest BCUT2D eigenvalue weighted by atomic mass is 9.95. The molecule has 2 aromatic rings. The minimum Gasteiger partial charge on any atom is -0.462 e. The van der Waals surface area contributed by atoms with Gasteiger partial charge < -0.3 is 25.6 Å². The molecule has 3 rings (SSSR count). The molecule has 0 aromatic heterocycles. The summed E-state index contributed by atoms with van der Waals surface area (Å²) in [5.41, 5.74) is 4.58. The first-order valence-corrected chi connectivity index (χ1v) is 11.8. The van der Waals surface area contributed by atoms with Crippen LogP contribution < -0.4 is 16.0 Å². The number of ether oxygens (including phenoxy) is 1. The third-order valence-electron chi connectivity index (χ3n) is 5.46. The van der Waals surface area contributed by atoms with Gasteiger partial charge in [-0.05, 0) is 74.3 Å². The Kier molecular flexibility index (Phi) is 8.28.